The summed E-state index contributed by atoms with van der Waals surface area (Å²) in [6, 6.07) is 80.0. The molecule has 0 aliphatic rings. The molecule has 0 bridgehead atoms. The number of nitrogens with zero attached hydrogens (tertiary/aromatic N) is 1. The van der Waals surface area contributed by atoms with Crippen LogP contribution >= 0.6 is 0 Å². The van der Waals surface area contributed by atoms with E-state index in [2.05, 4.69) is 223 Å². The minimum absolute atomic E-state index is 0.853. The molecular weight excluding hydrogens is 679 g/mol. The van der Waals surface area contributed by atoms with Crippen LogP contribution in [0.1, 0.15) is 0 Å². The molecule has 0 spiro atoms. The van der Waals surface area contributed by atoms with Crippen LogP contribution in [-0.2, 0) is 0 Å². The molecule has 0 N–H and O–H groups in total. The number of fused-ring (bicyclic) bond motifs is 3. The highest BCUT2D eigenvalue weighted by Gasteiger charge is 2.23. The van der Waals surface area contributed by atoms with Crippen LogP contribution in [0.5, 0.6) is 0 Å². The quantitative estimate of drug-likeness (QED) is 0.156. The summed E-state index contributed by atoms with van der Waals surface area (Å²) in [6.45, 7) is 0. The van der Waals surface area contributed by atoms with Crippen LogP contribution in [0.2, 0.25) is 0 Å². The Morgan fingerprint density at radius 2 is 0.768 bits per heavy atom. The van der Waals surface area contributed by atoms with Crippen molar-refractivity contribution >= 4 is 39.0 Å². The number of benzene rings is 9. The molecule has 0 unspecified atom stereocenters. The van der Waals surface area contributed by atoms with Gasteiger partial charge in [-0.2, -0.15) is 0 Å². The van der Waals surface area contributed by atoms with E-state index in [1.54, 1.807) is 0 Å². The predicted octanol–water partition coefficient (Wildman–Crippen LogP) is 15.4. The Hall–Kier alpha value is -7.42. The lowest BCUT2D eigenvalue weighted by atomic mass is 9.91. The lowest BCUT2D eigenvalue weighted by Crippen LogP contribution is -2.11. The van der Waals surface area contributed by atoms with Crippen molar-refractivity contribution in [3.8, 4) is 55.6 Å². The third-order valence-electron chi connectivity index (χ3n) is 10.7. The maximum Gasteiger partial charge on any atom is 0.159 e. The van der Waals surface area contributed by atoms with Gasteiger partial charge in [0.15, 0.2) is 5.58 Å². The van der Waals surface area contributed by atoms with E-state index in [-0.39, 0.29) is 0 Å². The number of para-hydroxylation sites is 3. The second-order valence-corrected chi connectivity index (χ2v) is 14.1. The average molecular weight is 716 g/mol. The molecule has 264 valence electrons. The molecule has 1 aromatic heterocycles. The highest BCUT2D eigenvalue weighted by molar-refractivity contribution is 6.11. The van der Waals surface area contributed by atoms with E-state index < -0.39 is 0 Å². The van der Waals surface area contributed by atoms with Gasteiger partial charge in [-0.25, -0.2) is 0 Å². The second kappa shape index (κ2) is 14.4. The predicted molar refractivity (Wildman–Crippen MR) is 236 cm³/mol. The maximum absolute atomic E-state index is 6.72. The molecule has 2 nitrogen and oxygen atoms in total. The van der Waals surface area contributed by atoms with Crippen molar-refractivity contribution in [3.63, 3.8) is 0 Å². The first-order valence-electron chi connectivity index (χ1n) is 19.1. The molecule has 0 aliphatic heterocycles. The Balaban J connectivity index is 1.16. The van der Waals surface area contributed by atoms with Crippen molar-refractivity contribution in [2.24, 2.45) is 0 Å². The van der Waals surface area contributed by atoms with Gasteiger partial charge < -0.3 is 9.32 Å². The van der Waals surface area contributed by atoms with Gasteiger partial charge in [-0.05, 0) is 86.5 Å². The minimum atomic E-state index is 0.853. The standard InChI is InChI=1S/C54H37NO/c1-3-17-38(18-4-1)41-21-15-22-42(37-41)46-25-9-10-26-47(46)48-27-11-13-30-51(48)55(52-31-16-29-50-49-28-12-14-32-53(49)56-54(50)52)43-35-33-40(34-36-43)45-24-8-7-23-44(45)39-19-5-2-6-20-39/h1-37H. The lowest BCUT2D eigenvalue weighted by molar-refractivity contribution is 0.669. The minimum Gasteiger partial charge on any atom is -0.454 e. The van der Waals surface area contributed by atoms with Gasteiger partial charge in [0.1, 0.15) is 5.58 Å². The first-order valence-corrected chi connectivity index (χ1v) is 19.1. The number of hydrogen-bond acceptors (Lipinski definition) is 2. The fourth-order valence-corrected chi connectivity index (χ4v) is 8.07. The van der Waals surface area contributed by atoms with E-state index in [4.69, 9.17) is 4.42 Å². The Morgan fingerprint density at radius 3 is 1.50 bits per heavy atom. The zero-order chi connectivity index (χ0) is 37.3. The van der Waals surface area contributed by atoms with Gasteiger partial charge in [0.05, 0.1) is 11.4 Å². The van der Waals surface area contributed by atoms with Gasteiger partial charge in [0.2, 0.25) is 0 Å². The van der Waals surface area contributed by atoms with Crippen molar-refractivity contribution in [3.05, 3.63) is 224 Å². The van der Waals surface area contributed by atoms with E-state index in [0.29, 0.717) is 0 Å². The van der Waals surface area contributed by atoms with E-state index in [0.717, 1.165) is 55.7 Å². The molecule has 9 aromatic carbocycles. The third kappa shape index (κ3) is 6.04. The Morgan fingerprint density at radius 1 is 0.286 bits per heavy atom. The molecular formula is C54H37NO. The first-order chi connectivity index (χ1) is 27.8. The van der Waals surface area contributed by atoms with Crippen molar-refractivity contribution in [1.29, 1.82) is 0 Å². The molecule has 10 aromatic rings. The van der Waals surface area contributed by atoms with Crippen LogP contribution in [-0.4, -0.2) is 0 Å². The van der Waals surface area contributed by atoms with Gasteiger partial charge in [0, 0.05) is 22.0 Å². The van der Waals surface area contributed by atoms with Crippen molar-refractivity contribution in [1.82, 2.24) is 0 Å². The monoisotopic (exact) mass is 715 g/mol. The maximum atomic E-state index is 6.72. The average Bonchev–Trinajstić information content (AvgIpc) is 3.67. The van der Waals surface area contributed by atoms with Crippen LogP contribution in [0.25, 0.3) is 77.6 Å². The van der Waals surface area contributed by atoms with Gasteiger partial charge in [-0.15, -0.1) is 0 Å². The summed E-state index contributed by atoms with van der Waals surface area (Å²) in [7, 11) is 0. The number of rotatable bonds is 8. The smallest absolute Gasteiger partial charge is 0.159 e. The van der Waals surface area contributed by atoms with Gasteiger partial charge >= 0.3 is 0 Å². The van der Waals surface area contributed by atoms with Gasteiger partial charge in [-0.1, -0.05) is 188 Å². The molecule has 0 fully saturated rings. The van der Waals surface area contributed by atoms with Crippen molar-refractivity contribution < 1.29 is 4.42 Å². The normalized spacial score (nSPS) is 11.2. The second-order valence-electron chi connectivity index (χ2n) is 14.1. The molecule has 0 aliphatic carbocycles. The molecule has 0 radical (unpaired) electrons. The number of furan rings is 1. The van der Waals surface area contributed by atoms with E-state index in [1.165, 1.54) is 38.9 Å². The SMILES string of the molecule is c1ccc(-c2cccc(-c3ccccc3-c3ccccc3N(c3ccc(-c4ccccc4-c4ccccc4)cc3)c3cccc4c3oc3ccccc34)c2)cc1. The topological polar surface area (TPSA) is 16.4 Å². The van der Waals surface area contributed by atoms with Crippen molar-refractivity contribution in [2.45, 2.75) is 0 Å². The largest absolute Gasteiger partial charge is 0.454 e. The Labute approximate surface area is 327 Å². The zero-order valence-corrected chi connectivity index (χ0v) is 30.7. The summed E-state index contributed by atoms with van der Waals surface area (Å²) in [6.07, 6.45) is 0. The van der Waals surface area contributed by atoms with Gasteiger partial charge in [0.25, 0.3) is 0 Å². The molecule has 0 saturated heterocycles. The molecule has 0 atom stereocenters. The lowest BCUT2D eigenvalue weighted by Gasteiger charge is -2.28. The summed E-state index contributed by atoms with van der Waals surface area (Å²) in [4.78, 5) is 2.37. The van der Waals surface area contributed by atoms with Crippen LogP contribution in [0.3, 0.4) is 0 Å². The summed E-state index contributed by atoms with van der Waals surface area (Å²) in [5.41, 5.74) is 16.6. The Bertz CT molecular complexity index is 2960. The number of anilines is 3. The fourth-order valence-electron chi connectivity index (χ4n) is 8.07. The zero-order valence-electron chi connectivity index (χ0n) is 30.7. The molecule has 0 amide bonds. The molecule has 0 saturated carbocycles. The Kier molecular flexibility index (Phi) is 8.55. The van der Waals surface area contributed by atoms with Crippen molar-refractivity contribution in [2.75, 3.05) is 4.90 Å². The summed E-state index contributed by atoms with van der Waals surface area (Å²) >= 11 is 0. The van der Waals surface area contributed by atoms with Gasteiger partial charge in [-0.3, -0.25) is 0 Å². The molecule has 10 rings (SSSR count). The van der Waals surface area contributed by atoms with E-state index in [1.807, 2.05) is 6.07 Å². The fraction of sp³-hybridized carbons (Fsp3) is 0. The summed E-state index contributed by atoms with van der Waals surface area (Å²) in [5, 5.41) is 2.20. The van der Waals surface area contributed by atoms with Crippen LogP contribution in [0.15, 0.2) is 229 Å². The van der Waals surface area contributed by atoms with E-state index >= 15 is 0 Å². The number of hydrogen-bond donors (Lipinski definition) is 0. The van der Waals surface area contributed by atoms with Crippen LogP contribution < -0.4 is 4.90 Å². The van der Waals surface area contributed by atoms with E-state index in [9.17, 15) is 0 Å². The van der Waals surface area contributed by atoms with Crippen LogP contribution in [0.4, 0.5) is 17.1 Å². The summed E-state index contributed by atoms with van der Waals surface area (Å²) < 4.78 is 6.72. The third-order valence-corrected chi connectivity index (χ3v) is 10.7. The first kappa shape index (κ1) is 33.2. The molecule has 1 heterocycles. The molecule has 56 heavy (non-hydrogen) atoms. The highest BCUT2D eigenvalue weighted by atomic mass is 16.3. The highest BCUT2D eigenvalue weighted by Crippen LogP contribution is 2.47. The van der Waals surface area contributed by atoms with Crippen LogP contribution in [0, 0.1) is 0 Å². The molecule has 2 heteroatoms. The summed E-state index contributed by atoms with van der Waals surface area (Å²) in [5.74, 6) is 0.